The lowest BCUT2D eigenvalue weighted by Crippen LogP contribution is -2.48. The Morgan fingerprint density at radius 3 is 2.48 bits per heavy atom. The zero-order chi connectivity index (χ0) is 21.6. The molecular weight excluding hydrogens is 436 g/mol. The normalized spacial score (nSPS) is 13.7. The van der Waals surface area contributed by atoms with Crippen molar-refractivity contribution >= 4 is 46.3 Å². The molecule has 1 aliphatic rings. The van der Waals surface area contributed by atoms with Crippen molar-refractivity contribution in [2.75, 3.05) is 43.0 Å². The van der Waals surface area contributed by atoms with E-state index in [2.05, 4.69) is 15.2 Å². The summed E-state index contributed by atoms with van der Waals surface area (Å²) in [6, 6.07) is 14.2. The fourth-order valence-corrected chi connectivity index (χ4v) is 4.04. The third-order valence-corrected chi connectivity index (χ3v) is 5.95. The molecule has 1 N–H and O–H groups in total. The number of thiophene rings is 1. The number of anilines is 2. The summed E-state index contributed by atoms with van der Waals surface area (Å²) in [7, 11) is 0. The van der Waals surface area contributed by atoms with Crippen LogP contribution in [-0.2, 0) is 4.79 Å². The van der Waals surface area contributed by atoms with Gasteiger partial charge in [0.25, 0.3) is 11.8 Å². The van der Waals surface area contributed by atoms with Gasteiger partial charge in [0.05, 0.1) is 16.8 Å². The quantitative estimate of drug-likeness (QED) is 0.611. The molecule has 1 fully saturated rings. The van der Waals surface area contributed by atoms with E-state index < -0.39 is 0 Å². The lowest BCUT2D eigenvalue weighted by atomic mass is 10.2. The number of halogens is 1. The zero-order valence-corrected chi connectivity index (χ0v) is 18.2. The number of pyridine rings is 1. The van der Waals surface area contributed by atoms with Crippen LogP contribution in [0.2, 0.25) is 5.02 Å². The Kier molecular flexibility index (Phi) is 6.69. The summed E-state index contributed by atoms with van der Waals surface area (Å²) < 4.78 is 5.44. The van der Waals surface area contributed by atoms with Gasteiger partial charge in [0.2, 0.25) is 0 Å². The second kappa shape index (κ2) is 9.80. The SMILES string of the molecule is O=C(COc1ccc(Cl)cc1)Nc1ccc(N2CCN(C(=O)c3cccs3)CC2)nc1. The number of piperazine rings is 1. The Morgan fingerprint density at radius 1 is 1.06 bits per heavy atom. The molecule has 1 saturated heterocycles. The Balaban J connectivity index is 1.25. The number of benzene rings is 1. The topological polar surface area (TPSA) is 74.8 Å². The van der Waals surface area contributed by atoms with Gasteiger partial charge in [-0.2, -0.15) is 0 Å². The second-order valence-corrected chi connectivity index (χ2v) is 8.34. The Morgan fingerprint density at radius 2 is 1.84 bits per heavy atom. The van der Waals surface area contributed by atoms with Crippen LogP contribution < -0.4 is 15.0 Å². The van der Waals surface area contributed by atoms with Crippen LogP contribution in [0, 0.1) is 0 Å². The largest absolute Gasteiger partial charge is 0.484 e. The van der Waals surface area contributed by atoms with Gasteiger partial charge < -0.3 is 19.9 Å². The highest BCUT2D eigenvalue weighted by atomic mass is 35.5. The first-order chi connectivity index (χ1) is 15.1. The third-order valence-electron chi connectivity index (χ3n) is 4.84. The van der Waals surface area contributed by atoms with Crippen LogP contribution in [0.1, 0.15) is 9.67 Å². The van der Waals surface area contributed by atoms with Crippen molar-refractivity contribution in [3.05, 3.63) is 70.0 Å². The standard InChI is InChI=1S/C22H21ClN4O3S/c23-16-3-6-18(7-4-16)30-15-21(28)25-17-5-8-20(24-14-17)26-9-11-27(12-10-26)22(29)19-2-1-13-31-19/h1-8,13-14H,9-12,15H2,(H,25,28). The molecule has 0 saturated carbocycles. The molecule has 9 heteroatoms. The molecule has 7 nitrogen and oxygen atoms in total. The molecule has 3 aromatic rings. The minimum atomic E-state index is -0.273. The smallest absolute Gasteiger partial charge is 0.264 e. The van der Waals surface area contributed by atoms with Gasteiger partial charge in [0.15, 0.2) is 6.61 Å². The molecule has 3 heterocycles. The minimum absolute atomic E-state index is 0.0847. The summed E-state index contributed by atoms with van der Waals surface area (Å²) in [5.74, 6) is 1.20. The number of ether oxygens (including phenoxy) is 1. The molecule has 0 bridgehead atoms. The first-order valence-electron chi connectivity index (χ1n) is 9.80. The third kappa shape index (κ3) is 5.53. The molecule has 1 aliphatic heterocycles. The van der Waals surface area contributed by atoms with E-state index >= 15 is 0 Å². The predicted molar refractivity (Wildman–Crippen MR) is 122 cm³/mol. The molecule has 2 amide bonds. The van der Waals surface area contributed by atoms with Crippen molar-refractivity contribution in [1.29, 1.82) is 0 Å². The van der Waals surface area contributed by atoms with Crippen LogP contribution in [0.25, 0.3) is 0 Å². The molecule has 0 atom stereocenters. The number of aromatic nitrogens is 1. The van der Waals surface area contributed by atoms with E-state index in [9.17, 15) is 9.59 Å². The van der Waals surface area contributed by atoms with Crippen LogP contribution in [0.4, 0.5) is 11.5 Å². The summed E-state index contributed by atoms with van der Waals surface area (Å²) in [5.41, 5.74) is 0.597. The first-order valence-corrected chi connectivity index (χ1v) is 11.1. The minimum Gasteiger partial charge on any atom is -0.484 e. The molecule has 2 aromatic heterocycles. The van der Waals surface area contributed by atoms with Crippen LogP contribution in [0.5, 0.6) is 5.75 Å². The summed E-state index contributed by atoms with van der Waals surface area (Å²) in [6.45, 7) is 2.62. The number of nitrogens with one attached hydrogen (secondary N) is 1. The first kappa shape index (κ1) is 21.1. The number of amides is 2. The van der Waals surface area contributed by atoms with E-state index in [1.807, 2.05) is 34.5 Å². The van der Waals surface area contributed by atoms with Gasteiger partial charge in [0.1, 0.15) is 11.6 Å². The summed E-state index contributed by atoms with van der Waals surface area (Å²) in [5, 5.41) is 5.29. The summed E-state index contributed by atoms with van der Waals surface area (Å²) in [4.78, 5) is 33.8. The number of carbonyl (C=O) groups excluding carboxylic acids is 2. The Bertz CT molecular complexity index is 1020. The van der Waals surface area contributed by atoms with Gasteiger partial charge >= 0.3 is 0 Å². The van der Waals surface area contributed by atoms with Crippen molar-refractivity contribution in [3.8, 4) is 5.75 Å². The number of hydrogen-bond donors (Lipinski definition) is 1. The number of nitrogens with zero attached hydrogens (tertiary/aromatic N) is 3. The monoisotopic (exact) mass is 456 g/mol. The van der Waals surface area contributed by atoms with Crippen LogP contribution in [-0.4, -0.2) is 54.5 Å². The van der Waals surface area contributed by atoms with Gasteiger partial charge in [-0.05, 0) is 47.8 Å². The summed E-state index contributed by atoms with van der Waals surface area (Å²) in [6.07, 6.45) is 1.62. The van der Waals surface area contributed by atoms with Crippen LogP contribution in [0.15, 0.2) is 60.1 Å². The maximum atomic E-state index is 12.5. The predicted octanol–water partition coefficient (Wildman–Crippen LogP) is 3.78. The molecule has 4 rings (SSSR count). The van der Waals surface area contributed by atoms with E-state index in [4.69, 9.17) is 16.3 Å². The van der Waals surface area contributed by atoms with Crippen molar-refractivity contribution in [2.24, 2.45) is 0 Å². The second-order valence-electron chi connectivity index (χ2n) is 6.95. The molecule has 1 aromatic carbocycles. The average Bonchev–Trinajstić information content (AvgIpc) is 3.34. The van der Waals surface area contributed by atoms with E-state index in [-0.39, 0.29) is 18.4 Å². The van der Waals surface area contributed by atoms with Crippen molar-refractivity contribution in [2.45, 2.75) is 0 Å². The highest BCUT2D eigenvalue weighted by molar-refractivity contribution is 7.12. The molecular formula is C22H21ClN4O3S. The molecule has 0 aliphatic carbocycles. The van der Waals surface area contributed by atoms with Crippen molar-refractivity contribution < 1.29 is 14.3 Å². The molecule has 0 spiro atoms. The number of hydrogen-bond acceptors (Lipinski definition) is 6. The lowest BCUT2D eigenvalue weighted by molar-refractivity contribution is -0.118. The molecule has 0 radical (unpaired) electrons. The maximum absolute atomic E-state index is 12.5. The fourth-order valence-electron chi connectivity index (χ4n) is 3.22. The summed E-state index contributed by atoms with van der Waals surface area (Å²) >= 11 is 7.30. The molecule has 31 heavy (non-hydrogen) atoms. The lowest BCUT2D eigenvalue weighted by Gasteiger charge is -2.35. The van der Waals surface area contributed by atoms with Gasteiger partial charge in [-0.15, -0.1) is 11.3 Å². The Labute approximate surface area is 189 Å². The maximum Gasteiger partial charge on any atom is 0.264 e. The van der Waals surface area contributed by atoms with E-state index in [1.165, 1.54) is 11.3 Å². The molecule has 160 valence electrons. The van der Waals surface area contributed by atoms with E-state index in [0.29, 0.717) is 42.6 Å². The van der Waals surface area contributed by atoms with Gasteiger partial charge in [-0.25, -0.2) is 4.98 Å². The highest BCUT2D eigenvalue weighted by Crippen LogP contribution is 2.19. The van der Waals surface area contributed by atoms with Gasteiger partial charge in [-0.1, -0.05) is 17.7 Å². The van der Waals surface area contributed by atoms with Crippen LogP contribution >= 0.6 is 22.9 Å². The molecule has 0 unspecified atom stereocenters. The van der Waals surface area contributed by atoms with Gasteiger partial charge in [-0.3, -0.25) is 9.59 Å². The fraction of sp³-hybridized carbons (Fsp3) is 0.227. The highest BCUT2D eigenvalue weighted by Gasteiger charge is 2.23. The van der Waals surface area contributed by atoms with E-state index in [1.54, 1.807) is 30.5 Å². The van der Waals surface area contributed by atoms with Crippen molar-refractivity contribution in [1.82, 2.24) is 9.88 Å². The average molecular weight is 457 g/mol. The zero-order valence-electron chi connectivity index (χ0n) is 16.7. The number of rotatable bonds is 6. The van der Waals surface area contributed by atoms with E-state index in [0.717, 1.165) is 10.7 Å². The Hall–Kier alpha value is -3.10. The number of carbonyl (C=O) groups is 2. The van der Waals surface area contributed by atoms with Gasteiger partial charge in [0, 0.05) is 31.2 Å². The van der Waals surface area contributed by atoms with Crippen molar-refractivity contribution in [3.63, 3.8) is 0 Å². The van der Waals surface area contributed by atoms with Crippen LogP contribution in [0.3, 0.4) is 0 Å².